The summed E-state index contributed by atoms with van der Waals surface area (Å²) >= 11 is 2.42. The number of aryl methyl sites for hydroxylation is 2. The second kappa shape index (κ2) is 28.3. The maximum Gasteiger partial charge on any atom is 0.0690 e. The fraction of sp³-hybridized carbons (Fsp3) is 0.686. The number of hydrogen-bond acceptors (Lipinski definition) is 0. The topological polar surface area (TPSA) is 0 Å². The maximum absolute atomic E-state index is 2.65. The lowest BCUT2D eigenvalue weighted by Gasteiger charge is -2.17. The second-order valence-corrected chi connectivity index (χ2v) is 25.3. The normalized spacial score (nSPS) is 12.9. The molecule has 0 aromatic heterocycles. The molecular weight excluding hydrogens is 768 g/mol. The third kappa shape index (κ3) is 28.0. The average Bonchev–Trinajstić information content (AvgIpc) is 3.08. The molecule has 0 radical (unpaired) electrons. The third-order valence-corrected chi connectivity index (χ3v) is 12.2. The number of benzene rings is 2. The quantitative estimate of drug-likeness (QED) is 0.0530. The summed E-state index contributed by atoms with van der Waals surface area (Å²) in [5.41, 5.74) is 12.7. The molecule has 2 aromatic rings. The molecule has 0 saturated carbocycles. The van der Waals surface area contributed by atoms with Gasteiger partial charge in [0.15, 0.2) is 0 Å². The zero-order valence-electron chi connectivity index (χ0n) is 37.2. The summed E-state index contributed by atoms with van der Waals surface area (Å²) in [7, 11) is -1.21. The molecule has 0 heterocycles. The van der Waals surface area contributed by atoms with Gasteiger partial charge in [0.1, 0.15) is 0 Å². The lowest BCUT2D eigenvalue weighted by Crippen LogP contribution is -2.16. The third-order valence-electron chi connectivity index (χ3n) is 10.2. The number of unbranched alkanes of at least 4 members (excludes halogenated alkanes) is 12. The van der Waals surface area contributed by atoms with Crippen LogP contribution >= 0.6 is 22.6 Å². The van der Waals surface area contributed by atoms with E-state index in [-0.39, 0.29) is 0 Å². The van der Waals surface area contributed by atoms with Crippen LogP contribution in [0.4, 0.5) is 0 Å². The number of hydrogen-bond donors (Lipinski definition) is 0. The van der Waals surface area contributed by atoms with Gasteiger partial charge in [-0.3, -0.25) is 0 Å². The van der Waals surface area contributed by atoms with Crippen LogP contribution in [0.1, 0.15) is 206 Å². The fourth-order valence-electron chi connectivity index (χ4n) is 7.10. The van der Waals surface area contributed by atoms with Crippen LogP contribution in [-0.4, -0.2) is 8.07 Å². The molecule has 0 atom stereocenters. The van der Waals surface area contributed by atoms with Crippen molar-refractivity contribution in [2.75, 3.05) is 0 Å². The van der Waals surface area contributed by atoms with Crippen LogP contribution in [0.15, 0.2) is 58.3 Å². The highest BCUT2D eigenvalue weighted by molar-refractivity contribution is 14.1. The number of allylic oxidation sites excluding steroid dienone is 2. The maximum atomic E-state index is 2.65. The van der Waals surface area contributed by atoms with Crippen LogP contribution in [0.5, 0.6) is 0 Å². The Labute approximate surface area is 347 Å². The van der Waals surface area contributed by atoms with Gasteiger partial charge in [0.25, 0.3) is 0 Å². The molecule has 2 aromatic carbocycles. The molecule has 53 heavy (non-hydrogen) atoms. The van der Waals surface area contributed by atoms with E-state index in [1.165, 1.54) is 169 Å². The van der Waals surface area contributed by atoms with E-state index in [1.807, 2.05) is 0 Å². The van der Waals surface area contributed by atoms with Crippen molar-refractivity contribution in [3.05, 3.63) is 80.6 Å². The summed E-state index contributed by atoms with van der Waals surface area (Å²) in [6, 6.07) is 18.7. The summed E-state index contributed by atoms with van der Waals surface area (Å²) in [5.74, 6) is 0. The van der Waals surface area contributed by atoms with E-state index >= 15 is 0 Å². The van der Waals surface area contributed by atoms with Crippen LogP contribution in [0.25, 0.3) is 11.1 Å². The Kier molecular flexibility index (Phi) is 26.6. The van der Waals surface area contributed by atoms with Crippen molar-refractivity contribution in [1.82, 2.24) is 0 Å². The predicted octanol–water partition coefficient (Wildman–Crippen LogP) is 18.4. The highest BCUT2D eigenvalue weighted by atomic mass is 127. The van der Waals surface area contributed by atoms with Crippen LogP contribution in [0.2, 0.25) is 19.6 Å². The van der Waals surface area contributed by atoms with Gasteiger partial charge in [-0.1, -0.05) is 229 Å². The average molecular weight is 855 g/mol. The molecule has 0 aliphatic heterocycles. The molecule has 0 N–H and O–H groups in total. The van der Waals surface area contributed by atoms with E-state index in [0.717, 1.165) is 0 Å². The Morgan fingerprint density at radius 3 is 1.32 bits per heavy atom. The van der Waals surface area contributed by atoms with E-state index in [2.05, 4.69) is 156 Å². The Morgan fingerprint density at radius 1 is 0.528 bits per heavy atom. The van der Waals surface area contributed by atoms with Crippen molar-refractivity contribution in [1.29, 1.82) is 0 Å². The molecule has 2 rings (SSSR count). The first-order valence-corrected chi connectivity index (χ1v) is 27.1. The predicted molar refractivity (Wildman–Crippen MR) is 256 cm³/mol. The molecule has 0 amide bonds. The monoisotopic (exact) mass is 855 g/mol. The van der Waals surface area contributed by atoms with E-state index in [9.17, 15) is 0 Å². The Balaban J connectivity index is 0.000000533. The lowest BCUT2D eigenvalue weighted by molar-refractivity contribution is 0.358. The van der Waals surface area contributed by atoms with Crippen LogP contribution < -0.4 is 0 Å². The second-order valence-electron chi connectivity index (χ2n) is 19.6. The SMILES string of the molecule is CCCCCCC/C(=C\I)c1cccc(CCCCCC(C)(C)C)c1.CCCCCCC/C(=C\[Si](C)(C)C)c1cccc(CCCCCC(C)(C)C)c1. The smallest absolute Gasteiger partial charge is 0.0690 e. The van der Waals surface area contributed by atoms with Crippen molar-refractivity contribution in [2.45, 2.75) is 216 Å². The molecule has 0 saturated heterocycles. The molecular formula is C51H87ISi. The van der Waals surface area contributed by atoms with Crippen molar-refractivity contribution in [3.63, 3.8) is 0 Å². The van der Waals surface area contributed by atoms with E-state index in [0.29, 0.717) is 10.8 Å². The number of halogens is 1. The van der Waals surface area contributed by atoms with Gasteiger partial charge in [0.2, 0.25) is 0 Å². The van der Waals surface area contributed by atoms with E-state index in [4.69, 9.17) is 0 Å². The summed E-state index contributed by atoms with van der Waals surface area (Å²) in [6.07, 6.45) is 29.3. The lowest BCUT2D eigenvalue weighted by atomic mass is 9.89. The first-order chi connectivity index (χ1) is 25.1. The first kappa shape index (κ1) is 49.9. The molecule has 0 fully saturated rings. The van der Waals surface area contributed by atoms with Gasteiger partial charge in [-0.2, -0.15) is 0 Å². The number of rotatable bonds is 25. The highest BCUT2D eigenvalue weighted by Crippen LogP contribution is 2.28. The van der Waals surface area contributed by atoms with E-state index < -0.39 is 8.07 Å². The van der Waals surface area contributed by atoms with Gasteiger partial charge in [-0.05, 0) is 113 Å². The zero-order chi connectivity index (χ0) is 39.6. The van der Waals surface area contributed by atoms with E-state index in [1.54, 1.807) is 5.57 Å². The summed E-state index contributed by atoms with van der Waals surface area (Å²) in [4.78, 5) is 0. The Morgan fingerprint density at radius 2 is 0.925 bits per heavy atom. The van der Waals surface area contributed by atoms with Gasteiger partial charge < -0.3 is 0 Å². The van der Waals surface area contributed by atoms with Gasteiger partial charge in [-0.15, -0.1) is 0 Å². The van der Waals surface area contributed by atoms with Gasteiger partial charge in [0.05, 0.1) is 8.07 Å². The van der Waals surface area contributed by atoms with Crippen molar-refractivity contribution in [2.24, 2.45) is 10.8 Å². The molecule has 0 aliphatic rings. The zero-order valence-corrected chi connectivity index (χ0v) is 40.4. The Hall–Kier alpha value is -1.13. The minimum Gasteiger partial charge on any atom is -0.0913 e. The minimum absolute atomic E-state index is 0.480. The minimum atomic E-state index is -1.21. The molecule has 0 bridgehead atoms. The largest absolute Gasteiger partial charge is 0.0913 e. The standard InChI is InChI=1S/C27H48Si.C24H39I/c1-8-9-10-11-14-19-26(23-28(5,6)7)25-20-16-18-24(22-25)17-13-12-15-21-27(2,3)4;1-5-6-7-8-11-16-23(20-25)22-17-13-15-21(19-22)14-10-9-12-18-24(2,3)4/h16,18,20,22-23H,8-15,17,19,21H2,1-7H3;13,15,17,19-20H,5-12,14,16,18H2,1-4H3/b26-23+;23-20+. The molecule has 0 unspecified atom stereocenters. The van der Waals surface area contributed by atoms with Crippen LogP contribution in [0.3, 0.4) is 0 Å². The van der Waals surface area contributed by atoms with Crippen LogP contribution in [-0.2, 0) is 12.8 Å². The summed E-state index contributed by atoms with van der Waals surface area (Å²) in [5, 5.41) is 0. The molecule has 0 spiro atoms. The van der Waals surface area contributed by atoms with Crippen molar-refractivity contribution >= 4 is 41.8 Å². The molecule has 2 heteroatoms. The summed E-state index contributed by atoms with van der Waals surface area (Å²) in [6.45, 7) is 26.1. The molecule has 0 aliphatic carbocycles. The van der Waals surface area contributed by atoms with Gasteiger partial charge in [-0.25, -0.2) is 0 Å². The highest BCUT2D eigenvalue weighted by Gasteiger charge is 2.14. The fourth-order valence-corrected chi connectivity index (χ4v) is 9.13. The summed E-state index contributed by atoms with van der Waals surface area (Å²) < 4.78 is 2.29. The van der Waals surface area contributed by atoms with Gasteiger partial charge in [0, 0.05) is 0 Å². The molecule has 0 nitrogen and oxygen atoms in total. The van der Waals surface area contributed by atoms with Crippen molar-refractivity contribution < 1.29 is 0 Å². The first-order valence-electron chi connectivity index (χ1n) is 22.3. The van der Waals surface area contributed by atoms with Crippen molar-refractivity contribution in [3.8, 4) is 0 Å². The van der Waals surface area contributed by atoms with Gasteiger partial charge >= 0.3 is 0 Å². The Bertz CT molecular complexity index is 1260. The van der Waals surface area contributed by atoms with Crippen LogP contribution in [0, 0.1) is 10.8 Å². The molecule has 302 valence electrons.